The molecule has 1 aromatic heterocycles. The molecule has 2 aromatic rings. The highest BCUT2D eigenvalue weighted by Crippen LogP contribution is 2.13. The highest BCUT2D eigenvalue weighted by molar-refractivity contribution is 5.99. The summed E-state index contributed by atoms with van der Waals surface area (Å²) in [5.74, 6) is 1.08. The number of carbonyl (C=O) groups excluding carboxylic acids is 2. The Morgan fingerprint density at radius 2 is 1.97 bits per heavy atom. The van der Waals surface area contributed by atoms with Gasteiger partial charge in [0.25, 0.3) is 5.91 Å². The second kappa shape index (κ2) is 10.0. The molecule has 1 aromatic carbocycles. The summed E-state index contributed by atoms with van der Waals surface area (Å²) in [6, 6.07) is 8.50. The molecule has 0 spiro atoms. The third kappa shape index (κ3) is 6.03. The van der Waals surface area contributed by atoms with Gasteiger partial charge in [-0.25, -0.2) is 0 Å². The Morgan fingerprint density at radius 3 is 2.59 bits per heavy atom. The fraction of sp³-hybridized carbons (Fsp3) is 0.450. The molecule has 1 fully saturated rings. The molecule has 1 aliphatic heterocycles. The number of quaternary nitrogens is 1. The van der Waals surface area contributed by atoms with Crippen LogP contribution in [0.1, 0.15) is 16.1 Å². The molecular formula is C20H27N4O5+. The molecule has 9 heteroatoms. The van der Waals surface area contributed by atoms with E-state index >= 15 is 0 Å². The van der Waals surface area contributed by atoms with Crippen LogP contribution in [-0.2, 0) is 9.53 Å². The maximum absolute atomic E-state index is 13.0. The molecule has 2 N–H and O–H groups in total. The van der Waals surface area contributed by atoms with Crippen LogP contribution in [0.5, 0.6) is 5.75 Å². The van der Waals surface area contributed by atoms with E-state index in [1.165, 1.54) is 4.90 Å². The van der Waals surface area contributed by atoms with Crippen molar-refractivity contribution in [2.24, 2.45) is 0 Å². The molecule has 0 unspecified atom stereocenters. The van der Waals surface area contributed by atoms with E-state index in [2.05, 4.69) is 10.5 Å². The summed E-state index contributed by atoms with van der Waals surface area (Å²) in [7, 11) is 1.57. The van der Waals surface area contributed by atoms with Gasteiger partial charge < -0.3 is 29.1 Å². The van der Waals surface area contributed by atoms with Gasteiger partial charge in [-0.15, -0.1) is 0 Å². The van der Waals surface area contributed by atoms with E-state index in [9.17, 15) is 9.59 Å². The van der Waals surface area contributed by atoms with E-state index in [4.69, 9.17) is 14.0 Å². The Hall–Kier alpha value is -2.91. The van der Waals surface area contributed by atoms with Crippen molar-refractivity contribution < 1.29 is 28.5 Å². The molecule has 3 rings (SSSR count). The minimum atomic E-state index is -0.322. The van der Waals surface area contributed by atoms with Crippen LogP contribution in [0.15, 0.2) is 34.9 Å². The molecule has 9 nitrogen and oxygen atoms in total. The molecule has 0 bridgehead atoms. The number of hydrogen-bond donors (Lipinski definition) is 2. The van der Waals surface area contributed by atoms with Crippen LogP contribution in [0.2, 0.25) is 0 Å². The van der Waals surface area contributed by atoms with Crippen LogP contribution in [0, 0.1) is 6.92 Å². The number of hydrogen-bond acceptors (Lipinski definition) is 6. The fourth-order valence-corrected chi connectivity index (χ4v) is 3.15. The van der Waals surface area contributed by atoms with Gasteiger partial charge in [-0.1, -0.05) is 5.16 Å². The monoisotopic (exact) mass is 403 g/mol. The molecule has 0 saturated carbocycles. The van der Waals surface area contributed by atoms with E-state index in [1.54, 1.807) is 49.3 Å². The van der Waals surface area contributed by atoms with Gasteiger partial charge in [-0.05, 0) is 31.2 Å². The van der Waals surface area contributed by atoms with E-state index < -0.39 is 0 Å². The largest absolute Gasteiger partial charge is 0.497 e. The topological polar surface area (TPSA) is 98.3 Å². The molecule has 0 atom stereocenters. The van der Waals surface area contributed by atoms with Crippen LogP contribution in [0.3, 0.4) is 0 Å². The van der Waals surface area contributed by atoms with Crippen molar-refractivity contribution >= 4 is 17.6 Å². The van der Waals surface area contributed by atoms with Crippen molar-refractivity contribution in [3.8, 4) is 5.75 Å². The number of benzene rings is 1. The third-order valence-electron chi connectivity index (χ3n) is 4.79. The summed E-state index contributed by atoms with van der Waals surface area (Å²) in [6.45, 7) is 6.12. The molecule has 29 heavy (non-hydrogen) atoms. The molecule has 1 saturated heterocycles. The Morgan fingerprint density at radius 1 is 1.24 bits per heavy atom. The van der Waals surface area contributed by atoms with Gasteiger partial charge in [0.05, 0.1) is 33.4 Å². The summed E-state index contributed by atoms with van der Waals surface area (Å²) in [5.41, 5.74) is 0.507. The Balaban J connectivity index is 1.66. The standard InChI is InChI=1S/C20H26N4O5/c1-15-13-18(22-29-15)21-19(25)14-24(8-7-23-9-11-28-12-10-23)20(26)16-3-5-17(27-2)6-4-16/h3-6,13H,7-12,14H2,1-2H3,(H,21,22,25)/p+1. The van der Waals surface area contributed by atoms with Gasteiger partial charge in [0.15, 0.2) is 5.82 Å². The normalized spacial score (nSPS) is 14.4. The van der Waals surface area contributed by atoms with Crippen molar-refractivity contribution in [2.45, 2.75) is 6.92 Å². The summed E-state index contributed by atoms with van der Waals surface area (Å²) in [4.78, 5) is 28.5. The predicted octanol–water partition coefficient (Wildman–Crippen LogP) is -0.0124. The van der Waals surface area contributed by atoms with Crippen LogP contribution >= 0.6 is 0 Å². The fourth-order valence-electron chi connectivity index (χ4n) is 3.15. The number of aryl methyl sites for hydroxylation is 1. The predicted molar refractivity (Wildman–Crippen MR) is 105 cm³/mol. The quantitative estimate of drug-likeness (QED) is 0.643. The molecular weight excluding hydrogens is 376 g/mol. The number of morpholine rings is 1. The number of nitrogens with zero attached hydrogens (tertiary/aromatic N) is 2. The lowest BCUT2D eigenvalue weighted by Gasteiger charge is -2.27. The second-order valence-electron chi connectivity index (χ2n) is 6.94. The number of nitrogens with one attached hydrogen (secondary N) is 2. The Kier molecular flexibility index (Phi) is 7.20. The number of amides is 2. The molecule has 156 valence electrons. The highest BCUT2D eigenvalue weighted by atomic mass is 16.5. The zero-order chi connectivity index (χ0) is 20.6. The summed E-state index contributed by atoms with van der Waals surface area (Å²) >= 11 is 0. The first-order valence-electron chi connectivity index (χ1n) is 9.63. The summed E-state index contributed by atoms with van der Waals surface area (Å²) < 4.78 is 15.5. The third-order valence-corrected chi connectivity index (χ3v) is 4.79. The van der Waals surface area contributed by atoms with Crippen molar-refractivity contribution in [1.29, 1.82) is 0 Å². The number of rotatable bonds is 8. The number of anilines is 1. The summed E-state index contributed by atoms with van der Waals surface area (Å²) in [5, 5.41) is 6.43. The average molecular weight is 403 g/mol. The number of carbonyl (C=O) groups is 2. The zero-order valence-electron chi connectivity index (χ0n) is 16.8. The van der Waals surface area contributed by atoms with Gasteiger partial charge in [-0.3, -0.25) is 9.59 Å². The van der Waals surface area contributed by atoms with Crippen LogP contribution in [0.25, 0.3) is 0 Å². The Labute approximate surface area is 169 Å². The number of methoxy groups -OCH3 is 1. The zero-order valence-corrected chi connectivity index (χ0v) is 16.8. The molecule has 2 heterocycles. The lowest BCUT2D eigenvalue weighted by Crippen LogP contribution is -3.14. The van der Waals surface area contributed by atoms with Gasteiger partial charge >= 0.3 is 0 Å². The minimum Gasteiger partial charge on any atom is -0.497 e. The lowest BCUT2D eigenvalue weighted by atomic mass is 10.2. The van der Waals surface area contributed by atoms with Gasteiger partial charge in [-0.2, -0.15) is 0 Å². The van der Waals surface area contributed by atoms with Gasteiger partial charge in [0.2, 0.25) is 5.91 Å². The molecule has 0 aliphatic carbocycles. The van der Waals surface area contributed by atoms with E-state index in [0.29, 0.717) is 42.6 Å². The van der Waals surface area contributed by atoms with E-state index in [-0.39, 0.29) is 18.4 Å². The maximum atomic E-state index is 13.0. The smallest absolute Gasteiger partial charge is 0.254 e. The first-order chi connectivity index (χ1) is 14.0. The van der Waals surface area contributed by atoms with Crippen LogP contribution in [-0.4, -0.2) is 74.9 Å². The van der Waals surface area contributed by atoms with E-state index in [1.807, 2.05) is 0 Å². The Bertz CT molecular complexity index is 815. The maximum Gasteiger partial charge on any atom is 0.254 e. The van der Waals surface area contributed by atoms with Gasteiger partial charge in [0.1, 0.15) is 31.1 Å². The lowest BCUT2D eigenvalue weighted by molar-refractivity contribution is -0.907. The minimum absolute atomic E-state index is 0.0689. The van der Waals surface area contributed by atoms with E-state index in [0.717, 1.165) is 19.6 Å². The highest BCUT2D eigenvalue weighted by Gasteiger charge is 2.22. The SMILES string of the molecule is COc1ccc(C(=O)N(CC[NH+]2CCOCC2)CC(=O)Nc2cc(C)on2)cc1. The molecule has 1 aliphatic rings. The van der Waals surface area contributed by atoms with Crippen LogP contribution in [0.4, 0.5) is 5.82 Å². The first-order valence-corrected chi connectivity index (χ1v) is 9.63. The van der Waals surface area contributed by atoms with Crippen molar-refractivity contribution in [3.63, 3.8) is 0 Å². The van der Waals surface area contributed by atoms with Gasteiger partial charge in [0, 0.05) is 11.6 Å². The average Bonchev–Trinajstić information content (AvgIpc) is 3.15. The number of ether oxygens (including phenoxy) is 2. The number of aromatic nitrogens is 1. The first kappa shape index (κ1) is 20.8. The molecule has 0 radical (unpaired) electrons. The van der Waals surface area contributed by atoms with Crippen LogP contribution < -0.4 is 15.0 Å². The van der Waals surface area contributed by atoms with Crippen molar-refractivity contribution in [2.75, 3.05) is 58.4 Å². The van der Waals surface area contributed by atoms with Crippen molar-refractivity contribution in [1.82, 2.24) is 10.1 Å². The molecule has 2 amide bonds. The van der Waals surface area contributed by atoms with Crippen molar-refractivity contribution in [3.05, 3.63) is 41.7 Å². The summed E-state index contributed by atoms with van der Waals surface area (Å²) in [6.07, 6.45) is 0. The second-order valence-corrected chi connectivity index (χ2v) is 6.94.